The number of nitrogens with one attached hydrogen (secondary N) is 3. The molecule has 0 saturated heterocycles. The molecule has 1 aliphatic carbocycles. The SMILES string of the molecule is CCNC(=NCC1(C(=O)N(C)C)CCCC1)NCCNS(=O)(=O)CC.I. The molecule has 8 nitrogen and oxygen atoms in total. The molecule has 1 saturated carbocycles. The molecular weight excluding hydrogens is 469 g/mol. The number of sulfonamides is 1. The number of guanidine groups is 1. The van der Waals surface area contributed by atoms with Crippen molar-refractivity contribution < 1.29 is 13.2 Å². The fourth-order valence-corrected chi connectivity index (χ4v) is 3.64. The Labute approximate surface area is 175 Å². The number of hydrogen-bond acceptors (Lipinski definition) is 4. The van der Waals surface area contributed by atoms with E-state index in [4.69, 9.17) is 0 Å². The van der Waals surface area contributed by atoms with Gasteiger partial charge in [-0.1, -0.05) is 12.8 Å². The van der Waals surface area contributed by atoms with Crippen molar-refractivity contribution in [3.8, 4) is 0 Å². The third-order valence-electron chi connectivity index (χ3n) is 4.42. The van der Waals surface area contributed by atoms with Crippen LogP contribution in [0.3, 0.4) is 0 Å². The van der Waals surface area contributed by atoms with E-state index < -0.39 is 15.4 Å². The maximum absolute atomic E-state index is 12.6. The van der Waals surface area contributed by atoms with Gasteiger partial charge in [0.25, 0.3) is 0 Å². The van der Waals surface area contributed by atoms with Crippen molar-refractivity contribution in [1.29, 1.82) is 0 Å². The molecule has 0 aromatic rings. The summed E-state index contributed by atoms with van der Waals surface area (Å²) in [6.07, 6.45) is 3.84. The van der Waals surface area contributed by atoms with Gasteiger partial charge in [-0.2, -0.15) is 0 Å². The quantitative estimate of drug-likeness (QED) is 0.187. The highest BCUT2D eigenvalue weighted by atomic mass is 127. The predicted octanol–water partition coefficient (Wildman–Crippen LogP) is 0.747. The number of hydrogen-bond donors (Lipinski definition) is 3. The van der Waals surface area contributed by atoms with E-state index in [0.29, 0.717) is 32.1 Å². The lowest BCUT2D eigenvalue weighted by molar-refractivity contribution is -0.138. The van der Waals surface area contributed by atoms with Crippen LogP contribution in [-0.4, -0.2) is 71.2 Å². The highest BCUT2D eigenvalue weighted by molar-refractivity contribution is 14.0. The van der Waals surface area contributed by atoms with E-state index in [-0.39, 0.29) is 35.6 Å². The van der Waals surface area contributed by atoms with E-state index in [2.05, 4.69) is 20.3 Å². The standard InChI is InChI=1S/C16H33N5O3S.HI/c1-5-17-15(18-11-12-20-25(23,24)6-2)19-13-16(9-7-8-10-16)14(22)21(3)4;/h20H,5-13H2,1-4H3,(H2,17,18,19);1H. The van der Waals surface area contributed by atoms with Gasteiger partial charge in [0.15, 0.2) is 5.96 Å². The van der Waals surface area contributed by atoms with Crippen molar-refractivity contribution in [3.63, 3.8) is 0 Å². The topological polar surface area (TPSA) is 103 Å². The molecule has 26 heavy (non-hydrogen) atoms. The van der Waals surface area contributed by atoms with Gasteiger partial charge in [-0.25, -0.2) is 13.1 Å². The molecule has 0 aliphatic heterocycles. The molecule has 0 spiro atoms. The van der Waals surface area contributed by atoms with Crippen LogP contribution in [0, 0.1) is 5.41 Å². The van der Waals surface area contributed by atoms with Crippen LogP contribution in [0.5, 0.6) is 0 Å². The zero-order valence-electron chi connectivity index (χ0n) is 16.3. The van der Waals surface area contributed by atoms with Gasteiger partial charge in [-0.05, 0) is 26.7 Å². The van der Waals surface area contributed by atoms with Gasteiger partial charge in [-0.15, -0.1) is 24.0 Å². The Morgan fingerprint density at radius 2 is 1.73 bits per heavy atom. The summed E-state index contributed by atoms with van der Waals surface area (Å²) < 4.78 is 25.4. The molecule has 1 aliphatic rings. The molecule has 1 rings (SSSR count). The third-order valence-corrected chi connectivity index (χ3v) is 5.83. The first-order chi connectivity index (χ1) is 11.8. The second-order valence-corrected chi connectivity index (χ2v) is 8.70. The zero-order valence-corrected chi connectivity index (χ0v) is 19.4. The Bertz CT molecular complexity index is 560. The minimum atomic E-state index is -3.19. The van der Waals surface area contributed by atoms with Crippen molar-refractivity contribution in [1.82, 2.24) is 20.3 Å². The van der Waals surface area contributed by atoms with Crippen LogP contribution in [0.25, 0.3) is 0 Å². The number of carbonyl (C=O) groups excluding carboxylic acids is 1. The monoisotopic (exact) mass is 503 g/mol. The summed E-state index contributed by atoms with van der Waals surface area (Å²) in [7, 11) is 0.388. The van der Waals surface area contributed by atoms with Crippen LogP contribution in [-0.2, 0) is 14.8 Å². The van der Waals surface area contributed by atoms with Gasteiger partial charge in [0.1, 0.15) is 0 Å². The summed E-state index contributed by atoms with van der Waals surface area (Å²) in [5.41, 5.74) is -0.407. The van der Waals surface area contributed by atoms with Crippen LogP contribution >= 0.6 is 24.0 Å². The lowest BCUT2D eigenvalue weighted by Crippen LogP contribution is -2.44. The second kappa shape index (κ2) is 12.0. The molecule has 0 unspecified atom stereocenters. The van der Waals surface area contributed by atoms with Crippen molar-refractivity contribution in [3.05, 3.63) is 0 Å². The lowest BCUT2D eigenvalue weighted by atomic mass is 9.85. The summed E-state index contributed by atoms with van der Waals surface area (Å²) in [6.45, 7) is 5.43. The normalized spacial score (nSPS) is 16.7. The van der Waals surface area contributed by atoms with Gasteiger partial charge >= 0.3 is 0 Å². The highest BCUT2D eigenvalue weighted by Gasteiger charge is 2.41. The molecule has 0 atom stereocenters. The van der Waals surface area contributed by atoms with Gasteiger partial charge in [0, 0.05) is 33.7 Å². The number of amides is 1. The van der Waals surface area contributed by atoms with Gasteiger partial charge in [0.05, 0.1) is 17.7 Å². The largest absolute Gasteiger partial charge is 0.357 e. The smallest absolute Gasteiger partial charge is 0.230 e. The first-order valence-corrected chi connectivity index (χ1v) is 10.6. The van der Waals surface area contributed by atoms with Gasteiger partial charge < -0.3 is 15.5 Å². The number of halogens is 1. The maximum atomic E-state index is 12.6. The van der Waals surface area contributed by atoms with Crippen LogP contribution in [0.4, 0.5) is 0 Å². The molecular formula is C16H34IN5O3S. The highest BCUT2D eigenvalue weighted by Crippen LogP contribution is 2.39. The molecule has 0 heterocycles. The fourth-order valence-electron chi connectivity index (χ4n) is 3.03. The molecule has 154 valence electrons. The summed E-state index contributed by atoms with van der Waals surface area (Å²) in [6, 6.07) is 0. The average molecular weight is 503 g/mol. The van der Waals surface area contributed by atoms with Crippen molar-refractivity contribution in [2.75, 3.05) is 46.0 Å². The minimum Gasteiger partial charge on any atom is -0.357 e. The van der Waals surface area contributed by atoms with Crippen molar-refractivity contribution >= 4 is 45.9 Å². The molecule has 3 N–H and O–H groups in total. The van der Waals surface area contributed by atoms with E-state index in [1.807, 2.05) is 6.92 Å². The fraction of sp³-hybridized carbons (Fsp3) is 0.875. The molecule has 0 radical (unpaired) electrons. The van der Waals surface area contributed by atoms with E-state index in [1.54, 1.807) is 25.9 Å². The third kappa shape index (κ3) is 7.95. The van der Waals surface area contributed by atoms with Crippen LogP contribution in [0.1, 0.15) is 39.5 Å². The van der Waals surface area contributed by atoms with Crippen LogP contribution in [0.2, 0.25) is 0 Å². The summed E-state index contributed by atoms with van der Waals surface area (Å²) in [5, 5.41) is 6.25. The number of rotatable bonds is 9. The van der Waals surface area contributed by atoms with Crippen molar-refractivity contribution in [2.24, 2.45) is 10.4 Å². The first kappa shape index (κ1) is 25.4. The van der Waals surface area contributed by atoms with Crippen molar-refractivity contribution in [2.45, 2.75) is 39.5 Å². The van der Waals surface area contributed by atoms with Gasteiger partial charge in [-0.3, -0.25) is 9.79 Å². The molecule has 0 aromatic carbocycles. The van der Waals surface area contributed by atoms with E-state index in [9.17, 15) is 13.2 Å². The minimum absolute atomic E-state index is 0. The summed E-state index contributed by atoms with van der Waals surface area (Å²) in [5.74, 6) is 0.812. The Morgan fingerprint density at radius 3 is 2.23 bits per heavy atom. The Morgan fingerprint density at radius 1 is 1.12 bits per heavy atom. The summed E-state index contributed by atoms with van der Waals surface area (Å²) in [4.78, 5) is 18.8. The van der Waals surface area contributed by atoms with Crippen LogP contribution < -0.4 is 15.4 Å². The van der Waals surface area contributed by atoms with E-state index >= 15 is 0 Å². The lowest BCUT2D eigenvalue weighted by Gasteiger charge is -2.29. The van der Waals surface area contributed by atoms with Crippen LogP contribution in [0.15, 0.2) is 4.99 Å². The Balaban J connectivity index is 0.00000625. The summed E-state index contributed by atoms with van der Waals surface area (Å²) >= 11 is 0. The second-order valence-electron chi connectivity index (χ2n) is 6.61. The average Bonchev–Trinajstić information content (AvgIpc) is 3.05. The zero-order chi connectivity index (χ0) is 18.9. The predicted molar refractivity (Wildman–Crippen MR) is 116 cm³/mol. The molecule has 0 bridgehead atoms. The first-order valence-electron chi connectivity index (χ1n) is 8.97. The van der Waals surface area contributed by atoms with E-state index in [0.717, 1.165) is 25.7 Å². The number of carbonyl (C=O) groups is 1. The molecule has 1 amide bonds. The number of aliphatic imine (C=N–C) groups is 1. The maximum Gasteiger partial charge on any atom is 0.230 e. The number of nitrogens with zero attached hydrogens (tertiary/aromatic N) is 2. The molecule has 10 heteroatoms. The molecule has 0 aromatic heterocycles. The molecule has 1 fully saturated rings. The van der Waals surface area contributed by atoms with Gasteiger partial charge in [0.2, 0.25) is 15.9 Å². The Kier molecular flexibility index (Phi) is 11.7. The van der Waals surface area contributed by atoms with E-state index in [1.165, 1.54) is 0 Å². The Hall–Kier alpha value is -0.620.